The van der Waals surface area contributed by atoms with Crippen molar-refractivity contribution in [2.24, 2.45) is 5.92 Å². The number of benzene rings is 1. The van der Waals surface area contributed by atoms with E-state index < -0.39 is 18.4 Å². The molecule has 3 rings (SSSR count). The fourth-order valence-electron chi connectivity index (χ4n) is 4.34. The molecule has 6 atom stereocenters. The Morgan fingerprint density at radius 3 is 2.50 bits per heavy atom. The molecule has 1 saturated carbocycles. The lowest BCUT2D eigenvalue weighted by atomic mass is 9.71. The van der Waals surface area contributed by atoms with Crippen LogP contribution >= 0.6 is 0 Å². The molecule has 1 aliphatic carbocycles. The Morgan fingerprint density at radius 2 is 1.88 bits per heavy atom. The van der Waals surface area contributed by atoms with Crippen molar-refractivity contribution < 1.29 is 23.8 Å². The highest BCUT2D eigenvalue weighted by atomic mass is 16.7. The number of ether oxygens (including phenoxy) is 3. The molecule has 2 aliphatic rings. The first-order valence-electron chi connectivity index (χ1n) is 9.17. The van der Waals surface area contributed by atoms with E-state index in [1.807, 2.05) is 18.2 Å². The summed E-state index contributed by atoms with van der Waals surface area (Å²) < 4.78 is 17.2. The molecule has 1 aromatic rings. The van der Waals surface area contributed by atoms with Crippen molar-refractivity contribution in [3.63, 3.8) is 0 Å². The summed E-state index contributed by atoms with van der Waals surface area (Å²) in [6.45, 7) is 2.84. The summed E-state index contributed by atoms with van der Waals surface area (Å²) in [6.07, 6.45) is 1.59. The van der Waals surface area contributed by atoms with Gasteiger partial charge in [-0.2, -0.15) is 0 Å². The molecular formula is C20H27NO5. The van der Waals surface area contributed by atoms with Crippen LogP contribution in [0.4, 0.5) is 0 Å². The summed E-state index contributed by atoms with van der Waals surface area (Å²) in [5.74, 6) is -0.161. The molecule has 1 aliphatic heterocycles. The van der Waals surface area contributed by atoms with Crippen LogP contribution in [0.25, 0.3) is 0 Å². The van der Waals surface area contributed by atoms with Gasteiger partial charge >= 0.3 is 5.97 Å². The zero-order chi connectivity index (χ0) is 18.7. The number of carbonyl (C=O) groups is 2. The zero-order valence-electron chi connectivity index (χ0n) is 15.5. The molecule has 0 spiro atoms. The number of rotatable bonds is 4. The monoisotopic (exact) mass is 361 g/mol. The first-order chi connectivity index (χ1) is 12.5. The first kappa shape index (κ1) is 18.9. The molecule has 0 bridgehead atoms. The molecule has 26 heavy (non-hydrogen) atoms. The lowest BCUT2D eigenvalue weighted by Gasteiger charge is -2.49. The van der Waals surface area contributed by atoms with Crippen molar-refractivity contribution in [2.45, 2.75) is 63.6 Å². The van der Waals surface area contributed by atoms with Crippen LogP contribution in [-0.4, -0.2) is 43.5 Å². The average Bonchev–Trinajstić information content (AvgIpc) is 2.63. The Hall–Kier alpha value is -1.92. The summed E-state index contributed by atoms with van der Waals surface area (Å²) in [4.78, 5) is 23.4. The van der Waals surface area contributed by atoms with Crippen LogP contribution in [0.15, 0.2) is 30.3 Å². The Balaban J connectivity index is 1.86. The van der Waals surface area contributed by atoms with Gasteiger partial charge in [-0.15, -0.1) is 0 Å². The summed E-state index contributed by atoms with van der Waals surface area (Å²) in [6, 6.07) is 9.86. The van der Waals surface area contributed by atoms with Crippen LogP contribution < -0.4 is 5.32 Å². The van der Waals surface area contributed by atoms with E-state index in [1.165, 1.54) is 19.4 Å². The molecular weight excluding hydrogens is 334 g/mol. The molecule has 1 heterocycles. The molecule has 1 N–H and O–H groups in total. The van der Waals surface area contributed by atoms with Crippen LogP contribution in [0.5, 0.6) is 0 Å². The third-order valence-corrected chi connectivity index (χ3v) is 5.39. The third kappa shape index (κ3) is 4.07. The maximum Gasteiger partial charge on any atom is 0.302 e. The van der Waals surface area contributed by atoms with E-state index in [0.29, 0.717) is 5.92 Å². The van der Waals surface area contributed by atoms with Gasteiger partial charge in [0.05, 0.1) is 6.10 Å². The Kier molecular flexibility index (Phi) is 5.94. The van der Waals surface area contributed by atoms with Crippen LogP contribution in [0.3, 0.4) is 0 Å². The van der Waals surface area contributed by atoms with Gasteiger partial charge in [0.2, 0.25) is 5.91 Å². The Bertz CT molecular complexity index is 634. The molecule has 6 heteroatoms. The molecule has 1 saturated heterocycles. The maximum atomic E-state index is 11.7. The smallest absolute Gasteiger partial charge is 0.302 e. The van der Waals surface area contributed by atoms with Crippen molar-refractivity contribution in [1.82, 2.24) is 5.32 Å². The molecule has 142 valence electrons. The first-order valence-corrected chi connectivity index (χ1v) is 9.17. The van der Waals surface area contributed by atoms with E-state index in [-0.39, 0.29) is 23.9 Å². The minimum absolute atomic E-state index is 0.0149. The Morgan fingerprint density at radius 1 is 1.15 bits per heavy atom. The van der Waals surface area contributed by atoms with Gasteiger partial charge in [-0.3, -0.25) is 9.59 Å². The van der Waals surface area contributed by atoms with E-state index in [1.54, 1.807) is 7.11 Å². The SMILES string of the molecule is CO[C@H]1O[C@H]2CC[C@@H](c3ccccc3)C[C@H]2[C@H](OC(C)=O)[C@H]1NC(C)=O. The number of amides is 1. The normalized spacial score (nSPS) is 33.8. The number of hydrogen-bond donors (Lipinski definition) is 1. The lowest BCUT2D eigenvalue weighted by Crippen LogP contribution is -2.63. The number of methoxy groups -OCH3 is 1. The number of carbonyl (C=O) groups excluding carboxylic acids is 2. The zero-order valence-corrected chi connectivity index (χ0v) is 15.5. The van der Waals surface area contributed by atoms with E-state index in [0.717, 1.165) is 19.3 Å². The van der Waals surface area contributed by atoms with Crippen LogP contribution in [0, 0.1) is 5.92 Å². The predicted molar refractivity (Wildman–Crippen MR) is 95.4 cm³/mol. The highest BCUT2D eigenvalue weighted by molar-refractivity contribution is 5.73. The minimum Gasteiger partial charge on any atom is -0.460 e. The van der Waals surface area contributed by atoms with Gasteiger partial charge in [-0.05, 0) is 30.7 Å². The largest absolute Gasteiger partial charge is 0.460 e. The summed E-state index contributed by atoms with van der Waals surface area (Å²) in [5, 5.41) is 2.86. The van der Waals surface area contributed by atoms with Crippen LogP contribution in [0.1, 0.15) is 44.6 Å². The fraction of sp³-hybridized carbons (Fsp3) is 0.600. The third-order valence-electron chi connectivity index (χ3n) is 5.39. The van der Waals surface area contributed by atoms with E-state index >= 15 is 0 Å². The molecule has 1 amide bonds. The predicted octanol–water partition coefficient (Wildman–Crippen LogP) is 2.38. The fourth-order valence-corrected chi connectivity index (χ4v) is 4.34. The summed E-state index contributed by atoms with van der Waals surface area (Å²) in [7, 11) is 1.54. The second-order valence-electron chi connectivity index (χ2n) is 7.16. The maximum absolute atomic E-state index is 11.7. The van der Waals surface area contributed by atoms with Gasteiger partial charge in [0.15, 0.2) is 6.29 Å². The van der Waals surface area contributed by atoms with E-state index in [9.17, 15) is 9.59 Å². The highest BCUT2D eigenvalue weighted by Crippen LogP contribution is 2.44. The van der Waals surface area contributed by atoms with Gasteiger partial charge in [-0.1, -0.05) is 30.3 Å². The van der Waals surface area contributed by atoms with Crippen molar-refractivity contribution >= 4 is 11.9 Å². The minimum atomic E-state index is -0.627. The van der Waals surface area contributed by atoms with Crippen molar-refractivity contribution in [2.75, 3.05) is 7.11 Å². The number of nitrogens with one attached hydrogen (secondary N) is 1. The average molecular weight is 361 g/mol. The van der Waals surface area contributed by atoms with Gasteiger partial charge in [0.1, 0.15) is 12.1 Å². The standard InChI is InChI=1S/C20H27NO5/c1-12(22)21-18-19(25-13(2)23)16-11-15(14-7-5-4-6-8-14)9-10-17(16)26-20(18)24-3/h4-8,15-20H,9-11H2,1-3H3,(H,21,22)/t15-,16-,17+,18-,19+,20+/m1/s1. The topological polar surface area (TPSA) is 73.9 Å². The molecule has 0 radical (unpaired) electrons. The van der Waals surface area contributed by atoms with Gasteiger partial charge in [-0.25, -0.2) is 0 Å². The quantitative estimate of drug-likeness (QED) is 0.834. The highest BCUT2D eigenvalue weighted by Gasteiger charge is 2.50. The molecule has 1 aromatic carbocycles. The van der Waals surface area contributed by atoms with Gasteiger partial charge in [0.25, 0.3) is 0 Å². The number of hydrogen-bond acceptors (Lipinski definition) is 5. The summed E-state index contributed by atoms with van der Waals surface area (Å²) in [5.41, 5.74) is 1.29. The molecule has 6 nitrogen and oxygen atoms in total. The van der Waals surface area contributed by atoms with Gasteiger partial charge in [0, 0.05) is 26.9 Å². The molecule has 2 fully saturated rings. The molecule has 0 aromatic heterocycles. The summed E-state index contributed by atoms with van der Waals surface area (Å²) >= 11 is 0. The van der Waals surface area contributed by atoms with Crippen LogP contribution in [0.2, 0.25) is 0 Å². The Labute approximate surface area is 154 Å². The number of esters is 1. The second kappa shape index (κ2) is 8.18. The second-order valence-corrected chi connectivity index (χ2v) is 7.16. The van der Waals surface area contributed by atoms with Gasteiger partial charge < -0.3 is 19.5 Å². The van der Waals surface area contributed by atoms with E-state index in [4.69, 9.17) is 14.2 Å². The van der Waals surface area contributed by atoms with Crippen molar-refractivity contribution in [3.05, 3.63) is 35.9 Å². The van der Waals surface area contributed by atoms with E-state index in [2.05, 4.69) is 17.4 Å². The van der Waals surface area contributed by atoms with Crippen molar-refractivity contribution in [1.29, 1.82) is 0 Å². The lowest BCUT2D eigenvalue weighted by molar-refractivity contribution is -0.254. The van der Waals surface area contributed by atoms with Crippen LogP contribution in [-0.2, 0) is 23.8 Å². The van der Waals surface area contributed by atoms with Crippen molar-refractivity contribution in [3.8, 4) is 0 Å². The molecule has 0 unspecified atom stereocenters. The number of fused-ring (bicyclic) bond motifs is 1.